The summed E-state index contributed by atoms with van der Waals surface area (Å²) in [7, 11) is 0. The molecular weight excluding hydrogens is 368 g/mol. The van der Waals surface area contributed by atoms with Crippen LogP contribution in [0.2, 0.25) is 0 Å². The molecule has 1 aromatic carbocycles. The molecular formula is C28H36S. The van der Waals surface area contributed by atoms with Gasteiger partial charge in [-0.05, 0) is 87.6 Å². The molecule has 0 bridgehead atoms. The lowest BCUT2D eigenvalue weighted by atomic mass is 9.77. The molecule has 1 heterocycles. The number of hydrogen-bond acceptors (Lipinski definition) is 1. The molecule has 1 unspecified atom stereocenters. The van der Waals surface area contributed by atoms with Crippen LogP contribution in [0.25, 0.3) is 5.57 Å². The molecule has 0 amide bonds. The third-order valence-electron chi connectivity index (χ3n) is 6.15. The standard InChI is InChI=1S/C28H36S/c1-8-12-23(18(2)3)26(19(4)5)28(22-14-11-13-20(6)17-22)27-21(7)29-25-16-10-9-15-24(25)27/h11,13-14,17,23H,2,4,8-10,12,15-16H2,1,3,5-7H3/b28-26+. The van der Waals surface area contributed by atoms with Crippen LogP contribution in [-0.4, -0.2) is 0 Å². The molecule has 0 N–H and O–H groups in total. The van der Waals surface area contributed by atoms with Gasteiger partial charge >= 0.3 is 0 Å². The summed E-state index contributed by atoms with van der Waals surface area (Å²) < 4.78 is 0. The summed E-state index contributed by atoms with van der Waals surface area (Å²) in [6, 6.07) is 9.04. The van der Waals surface area contributed by atoms with E-state index in [4.69, 9.17) is 0 Å². The lowest BCUT2D eigenvalue weighted by molar-refractivity contribution is 0.634. The minimum absolute atomic E-state index is 0.353. The number of thiophene rings is 1. The first-order chi connectivity index (χ1) is 13.8. The van der Waals surface area contributed by atoms with Gasteiger partial charge in [-0.25, -0.2) is 0 Å². The summed E-state index contributed by atoms with van der Waals surface area (Å²) in [4.78, 5) is 3.07. The van der Waals surface area contributed by atoms with Crippen LogP contribution in [0.3, 0.4) is 0 Å². The van der Waals surface area contributed by atoms with E-state index >= 15 is 0 Å². The average molecular weight is 405 g/mol. The van der Waals surface area contributed by atoms with Crippen molar-refractivity contribution in [2.75, 3.05) is 0 Å². The Hall–Kier alpha value is -1.86. The average Bonchev–Trinajstić information content (AvgIpc) is 2.99. The Morgan fingerprint density at radius 1 is 1.10 bits per heavy atom. The highest BCUT2D eigenvalue weighted by Crippen LogP contribution is 2.45. The zero-order chi connectivity index (χ0) is 21.1. The van der Waals surface area contributed by atoms with E-state index in [1.165, 1.54) is 69.5 Å². The monoisotopic (exact) mass is 404 g/mol. The molecule has 2 aromatic rings. The van der Waals surface area contributed by atoms with Crippen LogP contribution in [-0.2, 0) is 12.8 Å². The van der Waals surface area contributed by atoms with Crippen LogP contribution in [0.1, 0.15) is 78.5 Å². The highest BCUT2D eigenvalue weighted by Gasteiger charge is 2.27. The van der Waals surface area contributed by atoms with Crippen LogP contribution in [0, 0.1) is 19.8 Å². The maximum absolute atomic E-state index is 4.47. The fourth-order valence-corrected chi connectivity index (χ4v) is 6.15. The number of fused-ring (bicyclic) bond motifs is 1. The Kier molecular flexibility index (Phi) is 7.01. The molecule has 0 aliphatic heterocycles. The molecule has 0 radical (unpaired) electrons. The van der Waals surface area contributed by atoms with E-state index < -0.39 is 0 Å². The van der Waals surface area contributed by atoms with Crippen molar-refractivity contribution in [3.8, 4) is 0 Å². The van der Waals surface area contributed by atoms with Gasteiger partial charge in [0.2, 0.25) is 0 Å². The largest absolute Gasteiger partial charge is 0.145 e. The third-order valence-corrected chi connectivity index (χ3v) is 7.36. The van der Waals surface area contributed by atoms with Gasteiger partial charge in [0, 0.05) is 15.7 Å². The lowest BCUT2D eigenvalue weighted by Crippen LogP contribution is -2.11. The Balaban J connectivity index is 2.40. The number of aryl methyl sites for hydroxylation is 3. The molecule has 1 aliphatic rings. The maximum atomic E-state index is 4.47. The van der Waals surface area contributed by atoms with Crippen molar-refractivity contribution >= 4 is 16.9 Å². The SMILES string of the molecule is C=C(C)/C(=C(/c1cccc(C)c1)c1c(C)sc2c1CCCC2)C(CCC)C(=C)C. The molecule has 1 aromatic heterocycles. The number of rotatable bonds is 7. The quantitative estimate of drug-likeness (QED) is 0.320. The van der Waals surface area contributed by atoms with Gasteiger partial charge in [0.05, 0.1) is 0 Å². The van der Waals surface area contributed by atoms with Crippen molar-refractivity contribution in [3.05, 3.63) is 86.2 Å². The van der Waals surface area contributed by atoms with Gasteiger partial charge in [0.15, 0.2) is 0 Å². The summed E-state index contributed by atoms with van der Waals surface area (Å²) in [5, 5.41) is 0. The molecule has 154 valence electrons. The predicted molar refractivity (Wildman–Crippen MR) is 131 cm³/mol. The summed E-state index contributed by atoms with van der Waals surface area (Å²) in [6.07, 6.45) is 7.35. The summed E-state index contributed by atoms with van der Waals surface area (Å²) in [5.41, 5.74) is 11.0. The molecule has 1 atom stereocenters. The van der Waals surface area contributed by atoms with Crippen molar-refractivity contribution in [2.45, 2.75) is 73.1 Å². The van der Waals surface area contributed by atoms with Crippen molar-refractivity contribution in [1.82, 2.24) is 0 Å². The molecule has 3 rings (SSSR count). The number of allylic oxidation sites excluding steroid dienone is 3. The van der Waals surface area contributed by atoms with E-state index in [2.05, 4.69) is 72.0 Å². The van der Waals surface area contributed by atoms with Crippen LogP contribution in [0.15, 0.2) is 54.1 Å². The summed E-state index contributed by atoms with van der Waals surface area (Å²) in [6.45, 7) is 20.0. The first kappa shape index (κ1) is 21.8. The predicted octanol–water partition coefficient (Wildman–Crippen LogP) is 8.61. The van der Waals surface area contributed by atoms with E-state index in [9.17, 15) is 0 Å². The summed E-state index contributed by atoms with van der Waals surface area (Å²) >= 11 is 2.02. The highest BCUT2D eigenvalue weighted by molar-refractivity contribution is 7.12. The molecule has 1 aliphatic carbocycles. The zero-order valence-electron chi connectivity index (χ0n) is 19.0. The topological polar surface area (TPSA) is 0 Å². The number of hydrogen-bond donors (Lipinski definition) is 0. The molecule has 0 saturated carbocycles. The summed E-state index contributed by atoms with van der Waals surface area (Å²) in [5.74, 6) is 0.353. The van der Waals surface area contributed by atoms with Crippen molar-refractivity contribution in [1.29, 1.82) is 0 Å². The van der Waals surface area contributed by atoms with E-state index in [1.54, 1.807) is 10.4 Å². The second-order valence-electron chi connectivity index (χ2n) is 8.77. The maximum Gasteiger partial charge on any atom is 0.00987 e. The van der Waals surface area contributed by atoms with Gasteiger partial charge < -0.3 is 0 Å². The van der Waals surface area contributed by atoms with E-state index in [0.29, 0.717) is 5.92 Å². The Bertz CT molecular complexity index is 951. The van der Waals surface area contributed by atoms with Crippen LogP contribution >= 0.6 is 11.3 Å². The van der Waals surface area contributed by atoms with Crippen molar-refractivity contribution in [3.63, 3.8) is 0 Å². The van der Waals surface area contributed by atoms with Gasteiger partial charge in [-0.1, -0.05) is 67.5 Å². The second kappa shape index (κ2) is 9.30. The molecule has 1 heteroatoms. The van der Waals surface area contributed by atoms with Gasteiger partial charge in [-0.2, -0.15) is 0 Å². The zero-order valence-corrected chi connectivity index (χ0v) is 19.8. The third kappa shape index (κ3) is 4.51. The van der Waals surface area contributed by atoms with E-state index in [0.717, 1.165) is 12.8 Å². The van der Waals surface area contributed by atoms with Gasteiger partial charge in [-0.3, -0.25) is 0 Å². The minimum atomic E-state index is 0.353. The first-order valence-corrected chi connectivity index (χ1v) is 11.9. The van der Waals surface area contributed by atoms with Gasteiger partial charge in [0.25, 0.3) is 0 Å². The fraction of sp³-hybridized carbons (Fsp3) is 0.429. The molecule has 29 heavy (non-hydrogen) atoms. The molecule has 0 nitrogen and oxygen atoms in total. The van der Waals surface area contributed by atoms with Crippen molar-refractivity contribution in [2.24, 2.45) is 5.92 Å². The molecule has 0 spiro atoms. The fourth-order valence-electron chi connectivity index (χ4n) is 4.88. The molecule has 0 saturated heterocycles. The Morgan fingerprint density at radius 2 is 1.83 bits per heavy atom. The lowest BCUT2D eigenvalue weighted by Gasteiger charge is -2.27. The van der Waals surface area contributed by atoms with Crippen molar-refractivity contribution < 1.29 is 0 Å². The molecule has 0 fully saturated rings. The van der Waals surface area contributed by atoms with Crippen LogP contribution in [0.5, 0.6) is 0 Å². The smallest absolute Gasteiger partial charge is 0.00987 e. The van der Waals surface area contributed by atoms with E-state index in [1.807, 2.05) is 11.3 Å². The number of benzene rings is 1. The second-order valence-corrected chi connectivity index (χ2v) is 10.1. The Labute approximate surface area is 182 Å². The highest BCUT2D eigenvalue weighted by atomic mass is 32.1. The van der Waals surface area contributed by atoms with Crippen LogP contribution in [0.4, 0.5) is 0 Å². The Morgan fingerprint density at radius 3 is 2.45 bits per heavy atom. The first-order valence-electron chi connectivity index (χ1n) is 11.1. The normalized spacial score (nSPS) is 15.5. The van der Waals surface area contributed by atoms with Gasteiger partial charge in [0.1, 0.15) is 0 Å². The van der Waals surface area contributed by atoms with Crippen LogP contribution < -0.4 is 0 Å². The van der Waals surface area contributed by atoms with E-state index in [-0.39, 0.29) is 0 Å². The van der Waals surface area contributed by atoms with Gasteiger partial charge in [-0.15, -0.1) is 11.3 Å². The minimum Gasteiger partial charge on any atom is -0.145 e.